The zero-order valence-corrected chi connectivity index (χ0v) is 13.7. The largest absolute Gasteiger partial charge is 0.352 e. The SMILES string of the molecule is NC1CCC(C(=O)NCc2ccccc2-c2ccc(Cl)cc2)C1. The Bertz CT molecular complexity index is 684. The molecule has 0 heterocycles. The van der Waals surface area contributed by atoms with Gasteiger partial charge in [-0.25, -0.2) is 0 Å². The highest BCUT2D eigenvalue weighted by molar-refractivity contribution is 6.30. The Morgan fingerprint density at radius 3 is 2.57 bits per heavy atom. The van der Waals surface area contributed by atoms with Crippen LogP contribution in [0.15, 0.2) is 48.5 Å². The van der Waals surface area contributed by atoms with E-state index in [0.29, 0.717) is 6.54 Å². The van der Waals surface area contributed by atoms with E-state index in [9.17, 15) is 4.79 Å². The van der Waals surface area contributed by atoms with Gasteiger partial charge in [0.1, 0.15) is 0 Å². The fourth-order valence-corrected chi connectivity index (χ4v) is 3.29. The topological polar surface area (TPSA) is 55.1 Å². The number of carbonyl (C=O) groups is 1. The number of nitrogens with one attached hydrogen (secondary N) is 1. The van der Waals surface area contributed by atoms with Crippen molar-refractivity contribution in [3.8, 4) is 11.1 Å². The Kier molecular flexibility index (Phi) is 4.99. The highest BCUT2D eigenvalue weighted by Crippen LogP contribution is 2.26. The summed E-state index contributed by atoms with van der Waals surface area (Å²) in [4.78, 5) is 12.3. The lowest BCUT2D eigenvalue weighted by atomic mass is 9.99. The molecule has 23 heavy (non-hydrogen) atoms. The van der Waals surface area contributed by atoms with Crippen LogP contribution in [0.2, 0.25) is 5.02 Å². The van der Waals surface area contributed by atoms with Gasteiger partial charge in [-0.05, 0) is 48.1 Å². The second-order valence-corrected chi connectivity index (χ2v) is 6.59. The highest BCUT2D eigenvalue weighted by atomic mass is 35.5. The number of amides is 1. The van der Waals surface area contributed by atoms with E-state index in [1.165, 1.54) is 0 Å². The van der Waals surface area contributed by atoms with Gasteiger partial charge in [-0.15, -0.1) is 0 Å². The number of benzene rings is 2. The van der Waals surface area contributed by atoms with Gasteiger partial charge in [0.25, 0.3) is 0 Å². The van der Waals surface area contributed by atoms with Crippen LogP contribution in [0.5, 0.6) is 0 Å². The van der Waals surface area contributed by atoms with Gasteiger partial charge >= 0.3 is 0 Å². The average Bonchev–Trinajstić information content (AvgIpc) is 3.00. The van der Waals surface area contributed by atoms with Crippen molar-refractivity contribution >= 4 is 17.5 Å². The number of nitrogens with two attached hydrogens (primary N) is 1. The molecule has 0 bridgehead atoms. The molecule has 0 saturated heterocycles. The van der Waals surface area contributed by atoms with Gasteiger partial charge in [-0.3, -0.25) is 4.79 Å². The summed E-state index contributed by atoms with van der Waals surface area (Å²) in [6.45, 7) is 0.531. The molecule has 1 aliphatic rings. The van der Waals surface area contributed by atoms with Gasteiger partial charge in [0, 0.05) is 23.5 Å². The molecule has 120 valence electrons. The zero-order valence-electron chi connectivity index (χ0n) is 13.0. The van der Waals surface area contributed by atoms with Crippen LogP contribution in [0.3, 0.4) is 0 Å². The van der Waals surface area contributed by atoms with Gasteiger partial charge in [-0.1, -0.05) is 48.0 Å². The first-order valence-electron chi connectivity index (χ1n) is 8.00. The number of carbonyl (C=O) groups excluding carboxylic acids is 1. The summed E-state index contributed by atoms with van der Waals surface area (Å²) in [5.41, 5.74) is 9.21. The molecule has 0 spiro atoms. The van der Waals surface area contributed by atoms with E-state index >= 15 is 0 Å². The van der Waals surface area contributed by atoms with E-state index in [-0.39, 0.29) is 17.9 Å². The number of rotatable bonds is 4. The van der Waals surface area contributed by atoms with Crippen molar-refractivity contribution in [3.63, 3.8) is 0 Å². The summed E-state index contributed by atoms with van der Waals surface area (Å²) >= 11 is 5.96. The lowest BCUT2D eigenvalue weighted by molar-refractivity contribution is -0.125. The van der Waals surface area contributed by atoms with E-state index in [1.54, 1.807) is 0 Å². The number of hydrogen-bond donors (Lipinski definition) is 2. The second kappa shape index (κ2) is 7.16. The predicted octanol–water partition coefficient (Wildman–Crippen LogP) is 3.75. The van der Waals surface area contributed by atoms with Crippen LogP contribution < -0.4 is 11.1 Å². The fraction of sp³-hybridized carbons (Fsp3) is 0.316. The third kappa shape index (κ3) is 3.92. The maximum atomic E-state index is 12.3. The van der Waals surface area contributed by atoms with Crippen molar-refractivity contribution in [2.24, 2.45) is 11.7 Å². The summed E-state index contributed by atoms with van der Waals surface area (Å²) in [5.74, 6) is 0.177. The standard InChI is InChI=1S/C19H21ClN2O/c20-16-8-5-13(6-9-16)18-4-2-1-3-15(18)12-22-19(23)14-7-10-17(21)11-14/h1-6,8-9,14,17H,7,10-12,21H2,(H,22,23). The monoisotopic (exact) mass is 328 g/mol. The minimum Gasteiger partial charge on any atom is -0.352 e. The molecule has 0 aliphatic heterocycles. The molecule has 3 nitrogen and oxygen atoms in total. The van der Waals surface area contributed by atoms with Crippen molar-refractivity contribution in [2.45, 2.75) is 31.8 Å². The van der Waals surface area contributed by atoms with Crippen molar-refractivity contribution in [1.82, 2.24) is 5.32 Å². The Morgan fingerprint density at radius 2 is 1.87 bits per heavy atom. The average molecular weight is 329 g/mol. The molecule has 2 aromatic rings. The first kappa shape index (κ1) is 16.0. The van der Waals surface area contributed by atoms with Crippen molar-refractivity contribution in [1.29, 1.82) is 0 Å². The molecule has 1 amide bonds. The summed E-state index contributed by atoms with van der Waals surface area (Å²) in [5, 5.41) is 3.78. The van der Waals surface area contributed by atoms with Crippen LogP contribution in [0, 0.1) is 5.92 Å². The molecule has 3 rings (SSSR count). The van der Waals surface area contributed by atoms with Gasteiger partial charge in [0.15, 0.2) is 0 Å². The second-order valence-electron chi connectivity index (χ2n) is 6.15. The highest BCUT2D eigenvalue weighted by Gasteiger charge is 2.27. The Balaban J connectivity index is 1.71. The number of halogens is 1. The molecule has 1 aliphatic carbocycles. The van der Waals surface area contributed by atoms with E-state index in [2.05, 4.69) is 11.4 Å². The molecular weight excluding hydrogens is 308 g/mol. The fourth-order valence-electron chi connectivity index (χ4n) is 3.17. The molecule has 0 radical (unpaired) electrons. The Labute approximate surface area is 141 Å². The van der Waals surface area contributed by atoms with Crippen molar-refractivity contribution in [3.05, 3.63) is 59.1 Å². The van der Waals surface area contributed by atoms with Gasteiger partial charge in [0.2, 0.25) is 5.91 Å². The van der Waals surface area contributed by atoms with Crippen molar-refractivity contribution < 1.29 is 4.79 Å². The molecule has 2 unspecified atom stereocenters. The van der Waals surface area contributed by atoms with E-state index in [4.69, 9.17) is 17.3 Å². The molecule has 1 saturated carbocycles. The van der Waals surface area contributed by atoms with Crippen LogP contribution >= 0.6 is 11.6 Å². The zero-order chi connectivity index (χ0) is 16.2. The van der Waals surface area contributed by atoms with Gasteiger partial charge in [0.05, 0.1) is 0 Å². The van der Waals surface area contributed by atoms with Gasteiger partial charge < -0.3 is 11.1 Å². The lowest BCUT2D eigenvalue weighted by Gasteiger charge is -2.14. The maximum absolute atomic E-state index is 12.3. The predicted molar refractivity (Wildman–Crippen MR) is 94.1 cm³/mol. The van der Waals surface area contributed by atoms with Gasteiger partial charge in [-0.2, -0.15) is 0 Å². The third-order valence-electron chi connectivity index (χ3n) is 4.47. The Hall–Kier alpha value is -1.84. The molecular formula is C19H21ClN2O. The van der Waals surface area contributed by atoms with Crippen molar-refractivity contribution in [2.75, 3.05) is 0 Å². The molecule has 3 N–H and O–H groups in total. The van der Waals surface area contributed by atoms with E-state index < -0.39 is 0 Å². The Morgan fingerprint density at radius 1 is 1.13 bits per heavy atom. The molecule has 0 aromatic heterocycles. The molecule has 2 aromatic carbocycles. The summed E-state index contributed by atoms with van der Waals surface area (Å²) in [6.07, 6.45) is 2.63. The quantitative estimate of drug-likeness (QED) is 0.898. The summed E-state index contributed by atoms with van der Waals surface area (Å²) < 4.78 is 0. The number of hydrogen-bond acceptors (Lipinski definition) is 2. The van der Waals surface area contributed by atoms with Crippen LogP contribution in [-0.2, 0) is 11.3 Å². The third-order valence-corrected chi connectivity index (χ3v) is 4.72. The van der Waals surface area contributed by atoms with E-state index in [1.807, 2.05) is 42.5 Å². The van der Waals surface area contributed by atoms with Crippen LogP contribution in [0.25, 0.3) is 11.1 Å². The van der Waals surface area contributed by atoms with Crippen LogP contribution in [0.1, 0.15) is 24.8 Å². The molecule has 2 atom stereocenters. The van der Waals surface area contributed by atoms with Crippen LogP contribution in [0.4, 0.5) is 0 Å². The smallest absolute Gasteiger partial charge is 0.223 e. The normalized spacial score (nSPS) is 20.4. The first-order valence-corrected chi connectivity index (χ1v) is 8.38. The summed E-state index contributed by atoms with van der Waals surface area (Å²) in [6, 6.07) is 16.0. The van der Waals surface area contributed by atoms with Crippen LogP contribution in [-0.4, -0.2) is 11.9 Å². The first-order chi connectivity index (χ1) is 11.1. The molecule has 1 fully saturated rings. The van der Waals surface area contributed by atoms with E-state index in [0.717, 1.165) is 41.0 Å². The molecule has 4 heteroatoms. The minimum atomic E-state index is 0.0627. The maximum Gasteiger partial charge on any atom is 0.223 e. The minimum absolute atomic E-state index is 0.0627. The lowest BCUT2D eigenvalue weighted by Crippen LogP contribution is -2.30. The summed E-state index contributed by atoms with van der Waals surface area (Å²) in [7, 11) is 0.